The first-order chi connectivity index (χ1) is 8.48. The first-order valence-corrected chi connectivity index (χ1v) is 8.49. The predicted molar refractivity (Wildman–Crippen MR) is 67.8 cm³/mol. The summed E-state index contributed by atoms with van der Waals surface area (Å²) in [5, 5.41) is 12.7. The quantitative estimate of drug-likeness (QED) is 0.707. The molecule has 2 rings (SSSR count). The van der Waals surface area contributed by atoms with Gasteiger partial charge in [-0.05, 0) is 19.3 Å². The van der Waals surface area contributed by atoms with Crippen LogP contribution in [0.3, 0.4) is 0 Å². The lowest BCUT2D eigenvalue weighted by Crippen LogP contribution is -2.45. The van der Waals surface area contributed by atoms with E-state index in [0.29, 0.717) is 12.8 Å². The fraction of sp³-hybridized carbons (Fsp3) is 0.917. The summed E-state index contributed by atoms with van der Waals surface area (Å²) in [5.41, 5.74) is 0. The van der Waals surface area contributed by atoms with E-state index in [1.54, 1.807) is 0 Å². The smallest absolute Gasteiger partial charge is 0.224 e. The van der Waals surface area contributed by atoms with E-state index in [-0.39, 0.29) is 23.5 Å². The number of aliphatic hydroxyl groups is 1. The molecule has 1 saturated heterocycles. The maximum atomic E-state index is 12.0. The van der Waals surface area contributed by atoms with Gasteiger partial charge in [-0.25, -0.2) is 8.42 Å². The average molecular weight is 275 g/mol. The minimum Gasteiger partial charge on any atom is -0.391 e. The summed E-state index contributed by atoms with van der Waals surface area (Å²) >= 11 is 0. The van der Waals surface area contributed by atoms with E-state index in [1.165, 1.54) is 0 Å². The lowest BCUT2D eigenvalue weighted by molar-refractivity contribution is -0.125. The van der Waals surface area contributed by atoms with Gasteiger partial charge in [0.15, 0.2) is 9.84 Å². The molecule has 2 N–H and O–H groups in total. The van der Waals surface area contributed by atoms with Gasteiger partial charge in [0, 0.05) is 0 Å². The number of amides is 1. The van der Waals surface area contributed by atoms with Crippen LogP contribution in [0.2, 0.25) is 0 Å². The van der Waals surface area contributed by atoms with Gasteiger partial charge in [0.05, 0.1) is 29.6 Å². The number of carbonyl (C=O) groups excluding carboxylic acids is 1. The van der Waals surface area contributed by atoms with Crippen molar-refractivity contribution in [3.8, 4) is 0 Å². The maximum absolute atomic E-state index is 12.0. The van der Waals surface area contributed by atoms with E-state index in [2.05, 4.69) is 5.32 Å². The summed E-state index contributed by atoms with van der Waals surface area (Å²) in [6, 6.07) is -0.205. The highest BCUT2D eigenvalue weighted by molar-refractivity contribution is 7.91. The molecule has 3 atom stereocenters. The third-order valence-electron chi connectivity index (χ3n) is 3.91. The van der Waals surface area contributed by atoms with Crippen molar-refractivity contribution in [3.05, 3.63) is 0 Å². The minimum absolute atomic E-state index is 0.0400. The van der Waals surface area contributed by atoms with Crippen molar-refractivity contribution in [2.24, 2.45) is 5.92 Å². The molecule has 0 aromatic heterocycles. The normalized spacial score (nSPS) is 35.9. The molecule has 18 heavy (non-hydrogen) atoms. The highest BCUT2D eigenvalue weighted by atomic mass is 32.2. The van der Waals surface area contributed by atoms with E-state index >= 15 is 0 Å². The zero-order valence-electron chi connectivity index (χ0n) is 10.5. The van der Waals surface area contributed by atoms with Crippen LogP contribution in [-0.4, -0.2) is 43.1 Å². The van der Waals surface area contributed by atoms with Crippen LogP contribution in [0.1, 0.15) is 38.5 Å². The van der Waals surface area contributed by atoms with Gasteiger partial charge >= 0.3 is 0 Å². The second-order valence-electron chi connectivity index (χ2n) is 5.42. The maximum Gasteiger partial charge on any atom is 0.224 e. The summed E-state index contributed by atoms with van der Waals surface area (Å²) in [6.07, 6.45) is 4.50. The lowest BCUT2D eigenvalue weighted by Gasteiger charge is -2.23. The van der Waals surface area contributed by atoms with E-state index in [0.717, 1.165) is 25.7 Å². The number of sulfone groups is 1. The molecule has 0 radical (unpaired) electrons. The van der Waals surface area contributed by atoms with E-state index in [9.17, 15) is 18.3 Å². The zero-order valence-corrected chi connectivity index (χ0v) is 11.3. The van der Waals surface area contributed by atoms with Crippen LogP contribution >= 0.6 is 0 Å². The molecular formula is C12H21NO4S. The Labute approximate surface area is 108 Å². The Hall–Kier alpha value is -0.620. The SMILES string of the molecule is O=C(NC1CCCCCC1O)C1CCS(=O)(=O)C1. The number of nitrogens with one attached hydrogen (secondary N) is 1. The summed E-state index contributed by atoms with van der Waals surface area (Å²) < 4.78 is 22.7. The standard InChI is InChI=1S/C12H21NO4S/c14-11-5-3-1-2-4-10(11)13-12(15)9-6-7-18(16,17)8-9/h9-11,14H,1-8H2,(H,13,15). The molecule has 3 unspecified atom stereocenters. The van der Waals surface area contributed by atoms with Crippen LogP contribution in [0.5, 0.6) is 0 Å². The molecular weight excluding hydrogens is 254 g/mol. The lowest BCUT2D eigenvalue weighted by atomic mass is 10.0. The fourth-order valence-electron chi connectivity index (χ4n) is 2.76. The van der Waals surface area contributed by atoms with Gasteiger partial charge in [0.2, 0.25) is 5.91 Å². The molecule has 1 aliphatic heterocycles. The number of rotatable bonds is 2. The van der Waals surface area contributed by atoms with Crippen LogP contribution < -0.4 is 5.32 Å². The predicted octanol–water partition coefficient (Wildman–Crippen LogP) is 0.231. The topological polar surface area (TPSA) is 83.5 Å². The molecule has 0 aromatic carbocycles. The highest BCUT2D eigenvalue weighted by Crippen LogP contribution is 2.21. The number of aliphatic hydroxyl groups excluding tert-OH is 1. The van der Waals surface area contributed by atoms with Crippen molar-refractivity contribution < 1.29 is 18.3 Å². The van der Waals surface area contributed by atoms with Gasteiger partial charge < -0.3 is 10.4 Å². The molecule has 104 valence electrons. The monoisotopic (exact) mass is 275 g/mol. The summed E-state index contributed by atoms with van der Waals surface area (Å²) in [6.45, 7) is 0. The Morgan fingerprint density at radius 2 is 1.83 bits per heavy atom. The molecule has 5 nitrogen and oxygen atoms in total. The fourth-order valence-corrected chi connectivity index (χ4v) is 4.50. The van der Waals surface area contributed by atoms with Crippen molar-refractivity contribution in [2.45, 2.75) is 50.7 Å². The molecule has 0 bridgehead atoms. The average Bonchev–Trinajstić information content (AvgIpc) is 2.55. The van der Waals surface area contributed by atoms with E-state index in [1.807, 2.05) is 0 Å². The van der Waals surface area contributed by atoms with E-state index < -0.39 is 21.9 Å². The zero-order chi connectivity index (χ0) is 13.2. The van der Waals surface area contributed by atoms with Crippen molar-refractivity contribution in [1.29, 1.82) is 0 Å². The summed E-state index contributed by atoms with van der Waals surface area (Å²) in [4.78, 5) is 12.0. The second kappa shape index (κ2) is 5.57. The summed E-state index contributed by atoms with van der Waals surface area (Å²) in [5.74, 6) is -0.563. The van der Waals surface area contributed by atoms with Crippen LogP contribution in [0, 0.1) is 5.92 Å². The van der Waals surface area contributed by atoms with Crippen LogP contribution in [0.25, 0.3) is 0 Å². The Morgan fingerprint density at radius 1 is 1.11 bits per heavy atom. The molecule has 2 aliphatic rings. The molecule has 1 aliphatic carbocycles. The molecule has 0 aromatic rings. The number of hydrogen-bond acceptors (Lipinski definition) is 4. The Bertz CT molecular complexity index is 406. The molecule has 2 fully saturated rings. The molecule has 6 heteroatoms. The highest BCUT2D eigenvalue weighted by Gasteiger charge is 2.34. The van der Waals surface area contributed by atoms with E-state index in [4.69, 9.17) is 0 Å². The number of carbonyl (C=O) groups is 1. The van der Waals surface area contributed by atoms with Gasteiger partial charge in [-0.15, -0.1) is 0 Å². The van der Waals surface area contributed by atoms with Crippen LogP contribution in [-0.2, 0) is 14.6 Å². The van der Waals surface area contributed by atoms with Crippen molar-refractivity contribution in [2.75, 3.05) is 11.5 Å². The first-order valence-electron chi connectivity index (χ1n) is 6.67. The Balaban J connectivity index is 1.90. The third-order valence-corrected chi connectivity index (χ3v) is 5.68. The van der Waals surface area contributed by atoms with Crippen molar-refractivity contribution >= 4 is 15.7 Å². The largest absolute Gasteiger partial charge is 0.391 e. The Morgan fingerprint density at radius 3 is 2.50 bits per heavy atom. The Kier molecular flexibility index (Phi) is 4.27. The third kappa shape index (κ3) is 3.45. The van der Waals surface area contributed by atoms with Crippen molar-refractivity contribution in [3.63, 3.8) is 0 Å². The van der Waals surface area contributed by atoms with Gasteiger partial charge in [0.1, 0.15) is 0 Å². The second-order valence-corrected chi connectivity index (χ2v) is 7.65. The first kappa shape index (κ1) is 13.8. The van der Waals surface area contributed by atoms with Crippen molar-refractivity contribution in [1.82, 2.24) is 5.32 Å². The molecule has 1 amide bonds. The van der Waals surface area contributed by atoms with Gasteiger partial charge in [-0.3, -0.25) is 4.79 Å². The molecule has 1 heterocycles. The number of hydrogen-bond donors (Lipinski definition) is 2. The van der Waals surface area contributed by atoms with Gasteiger partial charge in [0.25, 0.3) is 0 Å². The summed E-state index contributed by atoms with van der Waals surface area (Å²) in [7, 11) is -3.03. The van der Waals surface area contributed by atoms with Gasteiger partial charge in [-0.2, -0.15) is 0 Å². The minimum atomic E-state index is -3.03. The van der Waals surface area contributed by atoms with Gasteiger partial charge in [-0.1, -0.05) is 19.3 Å². The van der Waals surface area contributed by atoms with Crippen LogP contribution in [0.4, 0.5) is 0 Å². The molecule has 1 saturated carbocycles. The molecule has 0 spiro atoms. The van der Waals surface area contributed by atoms with Crippen LogP contribution in [0.15, 0.2) is 0 Å².